The summed E-state index contributed by atoms with van der Waals surface area (Å²) in [6.45, 7) is 7.85. The van der Waals surface area contributed by atoms with Gasteiger partial charge < -0.3 is 54.3 Å². The first kappa shape index (κ1) is 40.3. The molecule has 0 radical (unpaired) electrons. The Labute approximate surface area is 348 Å². The highest BCUT2D eigenvalue weighted by molar-refractivity contribution is 7.32. The van der Waals surface area contributed by atoms with Crippen LogP contribution in [0.1, 0.15) is 22.3 Å². The Morgan fingerprint density at radius 1 is 0.367 bits per heavy atom. The van der Waals surface area contributed by atoms with E-state index < -0.39 is 16.5 Å². The molecule has 0 N–H and O–H groups in total. The second kappa shape index (κ2) is 16.6. The minimum absolute atomic E-state index is 0.498. The SMILES string of the molecule is COc1ccc2op(Oc3c(C)cc(OC)c(C)c3-c3c(C)c(OC)cc(C)c3Op3oc4ccc(OC)cc4c4cc(OC)ccc4o3)oc3ccc(OC)cc3c2c1. The maximum absolute atomic E-state index is 6.95. The second-order valence-electron chi connectivity index (χ2n) is 13.9. The predicted molar refractivity (Wildman–Crippen MR) is 235 cm³/mol. The van der Waals surface area contributed by atoms with Crippen molar-refractivity contribution < 1.29 is 54.3 Å². The molecule has 2 heterocycles. The summed E-state index contributed by atoms with van der Waals surface area (Å²) in [5, 5.41) is 3.06. The molecule has 0 saturated heterocycles. The molecule has 6 aromatic carbocycles. The van der Waals surface area contributed by atoms with E-state index in [0.717, 1.165) is 43.8 Å². The summed E-state index contributed by atoms with van der Waals surface area (Å²) >= 11 is 0. The number of hydrogen-bond acceptors (Lipinski definition) is 12. The summed E-state index contributed by atoms with van der Waals surface area (Å²) in [6, 6.07) is 26.2. The lowest BCUT2D eigenvalue weighted by Crippen LogP contribution is -2.02. The van der Waals surface area contributed by atoms with Crippen molar-refractivity contribution in [2.45, 2.75) is 27.7 Å². The van der Waals surface area contributed by atoms with Gasteiger partial charge in [0.15, 0.2) is 0 Å². The van der Waals surface area contributed by atoms with Crippen molar-refractivity contribution in [2.24, 2.45) is 0 Å². The van der Waals surface area contributed by atoms with Crippen LogP contribution in [-0.4, -0.2) is 42.7 Å². The number of ether oxygens (including phenoxy) is 6. The van der Waals surface area contributed by atoms with Gasteiger partial charge in [-0.15, -0.1) is 0 Å². The molecule has 0 spiro atoms. The summed E-state index contributed by atoms with van der Waals surface area (Å²) in [7, 11) is 5.55. The predicted octanol–water partition coefficient (Wildman–Crippen LogP) is 13.5. The topological polar surface area (TPSA) is 126 Å². The summed E-state index contributed by atoms with van der Waals surface area (Å²) in [5.74, 6) is 4.92. The van der Waals surface area contributed by atoms with E-state index in [2.05, 4.69) is 0 Å². The molecule has 0 aliphatic rings. The van der Waals surface area contributed by atoms with E-state index in [4.69, 9.17) is 54.3 Å². The Kier molecular flexibility index (Phi) is 11.2. The molecule has 2 aromatic heterocycles. The van der Waals surface area contributed by atoms with Gasteiger partial charge in [-0.3, -0.25) is 0 Å². The summed E-state index contributed by atoms with van der Waals surface area (Å²) in [5.41, 5.74) is 6.67. The molecule has 0 aliphatic heterocycles. The zero-order valence-electron chi connectivity index (χ0n) is 34.9. The Morgan fingerprint density at radius 2 is 0.650 bits per heavy atom. The first-order valence-electron chi connectivity index (χ1n) is 18.9. The monoisotopic (exact) mass is 850 g/mol. The molecule has 12 nitrogen and oxygen atoms in total. The van der Waals surface area contributed by atoms with Crippen molar-refractivity contribution in [1.29, 1.82) is 0 Å². The molecule has 0 aliphatic carbocycles. The summed E-state index contributed by atoms with van der Waals surface area (Å²) < 4.78 is 74.6. The highest BCUT2D eigenvalue weighted by atomic mass is 31.1. The fourth-order valence-corrected chi connectivity index (χ4v) is 9.54. The molecule has 0 atom stereocenters. The van der Waals surface area contributed by atoms with Crippen LogP contribution in [0.2, 0.25) is 0 Å². The van der Waals surface area contributed by atoms with E-state index in [9.17, 15) is 0 Å². The average Bonchev–Trinajstić information content (AvgIpc) is 3.52. The highest BCUT2D eigenvalue weighted by Gasteiger charge is 2.28. The first-order chi connectivity index (χ1) is 29.1. The van der Waals surface area contributed by atoms with Gasteiger partial charge in [0, 0.05) is 43.8 Å². The van der Waals surface area contributed by atoms with Gasteiger partial charge in [-0.25, -0.2) is 0 Å². The van der Waals surface area contributed by atoms with Crippen molar-refractivity contribution in [2.75, 3.05) is 42.7 Å². The molecule has 0 amide bonds. The number of methoxy groups -OCH3 is 6. The quantitative estimate of drug-likeness (QED) is 0.123. The lowest BCUT2D eigenvalue weighted by molar-refractivity contribution is 0.409. The number of rotatable bonds is 11. The van der Waals surface area contributed by atoms with Crippen LogP contribution in [0.5, 0.6) is 46.0 Å². The fraction of sp³-hybridized carbons (Fsp3) is 0.217. The Bertz CT molecular complexity index is 2690. The Balaban J connectivity index is 1.38. The second-order valence-corrected chi connectivity index (χ2v) is 15.9. The standard InChI is InChI=1S/C46H44O12P2/c1-25-19-41(51-9)27(3)43(45(25)57-59-53-37-15-11-29(47-5)21-33(37)34-22-30(48-6)12-16-38(34)54-59)44-28(4)42(52-10)20-26(2)46(44)58-60-55-39-17-13-31(49-7)23-35(39)36-24-32(50-8)14-18-40(36)56-60/h11-24H,1-10H3. The molecular weight excluding hydrogens is 806 g/mol. The van der Waals surface area contributed by atoms with Crippen molar-refractivity contribution >= 4 is 60.4 Å². The van der Waals surface area contributed by atoms with Crippen LogP contribution >= 0.6 is 16.5 Å². The van der Waals surface area contributed by atoms with Crippen LogP contribution in [0.3, 0.4) is 0 Å². The summed E-state index contributed by atoms with van der Waals surface area (Å²) in [4.78, 5) is 0. The number of fused-ring (bicyclic) bond motifs is 6. The van der Waals surface area contributed by atoms with Gasteiger partial charge in [-0.2, -0.15) is 0 Å². The molecule has 0 fully saturated rings. The molecule has 8 aromatic rings. The molecule has 8 rings (SSSR count). The zero-order chi connectivity index (χ0) is 42.2. The van der Waals surface area contributed by atoms with Crippen molar-refractivity contribution in [3.8, 4) is 57.1 Å². The minimum atomic E-state index is -2.11. The normalized spacial score (nSPS) is 11.2. The van der Waals surface area contributed by atoms with Crippen LogP contribution < -0.4 is 37.5 Å². The Hall–Kier alpha value is -6.48. The molecule has 310 valence electrons. The molecule has 0 bridgehead atoms. The molecule has 60 heavy (non-hydrogen) atoms. The van der Waals surface area contributed by atoms with Crippen molar-refractivity contribution in [1.82, 2.24) is 0 Å². The third-order valence-corrected chi connectivity index (χ3v) is 12.4. The van der Waals surface area contributed by atoms with E-state index >= 15 is 0 Å². The summed E-state index contributed by atoms with van der Waals surface area (Å²) in [6.07, 6.45) is 0. The lowest BCUT2D eigenvalue weighted by atomic mass is 9.90. The van der Waals surface area contributed by atoms with Crippen LogP contribution in [-0.2, 0) is 0 Å². The highest BCUT2D eigenvalue weighted by Crippen LogP contribution is 2.53. The van der Waals surface area contributed by atoms with Crippen molar-refractivity contribution in [3.05, 3.63) is 107 Å². The van der Waals surface area contributed by atoms with E-state index in [-0.39, 0.29) is 0 Å². The number of hydrogen-bond donors (Lipinski definition) is 0. The largest absolute Gasteiger partial charge is 0.497 e. The zero-order valence-corrected chi connectivity index (χ0v) is 36.7. The first-order valence-corrected chi connectivity index (χ1v) is 21.0. The van der Waals surface area contributed by atoms with Gasteiger partial charge in [0.2, 0.25) is 0 Å². The minimum Gasteiger partial charge on any atom is -0.497 e. The van der Waals surface area contributed by atoms with Gasteiger partial charge in [0.1, 0.15) is 68.3 Å². The van der Waals surface area contributed by atoms with Crippen LogP contribution in [0.4, 0.5) is 0 Å². The van der Waals surface area contributed by atoms with Crippen LogP contribution in [0.25, 0.3) is 55.0 Å². The lowest BCUT2D eigenvalue weighted by Gasteiger charge is -2.23. The van der Waals surface area contributed by atoms with E-state index in [0.29, 0.717) is 79.5 Å². The number of benzene rings is 6. The van der Waals surface area contributed by atoms with Gasteiger partial charge in [-0.1, -0.05) is 0 Å². The van der Waals surface area contributed by atoms with Crippen LogP contribution in [0.15, 0.2) is 102 Å². The van der Waals surface area contributed by atoms with E-state index in [1.165, 1.54) is 0 Å². The third-order valence-electron chi connectivity index (χ3n) is 10.4. The molecular formula is C46H44O12P2. The fourth-order valence-electron chi connectivity index (χ4n) is 7.27. The maximum atomic E-state index is 6.95. The molecule has 0 unspecified atom stereocenters. The molecule has 0 saturated carbocycles. The average molecular weight is 851 g/mol. The van der Waals surface area contributed by atoms with Crippen molar-refractivity contribution in [3.63, 3.8) is 0 Å². The van der Waals surface area contributed by atoms with E-state index in [1.54, 1.807) is 42.7 Å². The maximum Gasteiger partial charge on any atom is 0.453 e. The third kappa shape index (κ3) is 7.38. The van der Waals surface area contributed by atoms with Gasteiger partial charge in [-0.05, 0) is 124 Å². The van der Waals surface area contributed by atoms with Crippen LogP contribution in [0, 0.1) is 27.7 Å². The van der Waals surface area contributed by atoms with Gasteiger partial charge in [0.25, 0.3) is 0 Å². The number of aryl methyl sites for hydroxylation is 2. The smallest absolute Gasteiger partial charge is 0.453 e. The van der Waals surface area contributed by atoms with Gasteiger partial charge >= 0.3 is 16.5 Å². The van der Waals surface area contributed by atoms with E-state index in [1.807, 2.05) is 113 Å². The molecule has 14 heteroatoms. The van der Waals surface area contributed by atoms with Gasteiger partial charge in [0.05, 0.1) is 42.7 Å². The Morgan fingerprint density at radius 3 is 0.900 bits per heavy atom.